The molecule has 1 aliphatic rings. The Labute approximate surface area is 112 Å². The van der Waals surface area contributed by atoms with E-state index < -0.39 is 0 Å². The summed E-state index contributed by atoms with van der Waals surface area (Å²) in [5, 5.41) is 0. The van der Waals surface area contributed by atoms with E-state index in [4.69, 9.17) is 4.74 Å². The van der Waals surface area contributed by atoms with E-state index >= 15 is 0 Å². The van der Waals surface area contributed by atoms with Gasteiger partial charge in [0.1, 0.15) is 5.75 Å². The molecule has 1 atom stereocenters. The number of nitrogens with zero attached hydrogens (tertiary/aromatic N) is 1. The van der Waals surface area contributed by atoms with E-state index in [2.05, 4.69) is 27.8 Å². The van der Waals surface area contributed by atoms with E-state index in [9.17, 15) is 0 Å². The molecule has 94 valence electrons. The lowest BCUT2D eigenvalue weighted by Gasteiger charge is -2.20. The molecule has 1 heterocycles. The Hall–Kier alpha value is -0.540. The Kier molecular flexibility index (Phi) is 4.86. The normalized spacial score (nSPS) is 20.7. The second-order valence-corrected chi connectivity index (χ2v) is 5.60. The van der Waals surface area contributed by atoms with Crippen molar-refractivity contribution in [2.24, 2.45) is 0 Å². The molecule has 2 nitrogen and oxygen atoms in total. The standard InChI is InChI=1S/C14H20BrNO/c1-12-5-3-8-16(12)9-4-10-17-14-7-2-6-13(15)11-14/h2,6-7,11-12H,3-5,8-10H2,1H3/t12-/m0/s1. The van der Waals surface area contributed by atoms with Gasteiger partial charge in [-0.1, -0.05) is 22.0 Å². The van der Waals surface area contributed by atoms with Gasteiger partial charge in [0.05, 0.1) is 6.61 Å². The lowest BCUT2D eigenvalue weighted by molar-refractivity contribution is 0.230. The molecule has 2 rings (SSSR count). The molecule has 1 fully saturated rings. The van der Waals surface area contributed by atoms with Crippen LogP contribution in [-0.4, -0.2) is 30.6 Å². The fourth-order valence-corrected chi connectivity index (χ4v) is 2.72. The molecule has 1 saturated heterocycles. The van der Waals surface area contributed by atoms with Crippen LogP contribution in [0.2, 0.25) is 0 Å². The molecule has 0 spiro atoms. The quantitative estimate of drug-likeness (QED) is 0.769. The maximum Gasteiger partial charge on any atom is 0.120 e. The van der Waals surface area contributed by atoms with E-state index in [1.54, 1.807) is 0 Å². The van der Waals surface area contributed by atoms with Crippen LogP contribution in [0.25, 0.3) is 0 Å². The molecule has 0 saturated carbocycles. The van der Waals surface area contributed by atoms with Gasteiger partial charge in [-0.15, -0.1) is 0 Å². The predicted molar refractivity (Wildman–Crippen MR) is 74.5 cm³/mol. The summed E-state index contributed by atoms with van der Waals surface area (Å²) < 4.78 is 6.80. The van der Waals surface area contributed by atoms with Crippen molar-refractivity contribution in [2.45, 2.75) is 32.2 Å². The molecule has 0 unspecified atom stereocenters. The van der Waals surface area contributed by atoms with E-state index in [1.165, 1.54) is 19.4 Å². The summed E-state index contributed by atoms with van der Waals surface area (Å²) in [6.45, 7) is 5.55. The van der Waals surface area contributed by atoms with Gasteiger partial charge in [-0.05, 0) is 50.9 Å². The SMILES string of the molecule is C[C@H]1CCCN1CCCOc1cccc(Br)c1. The summed E-state index contributed by atoms with van der Waals surface area (Å²) in [5.74, 6) is 0.953. The number of hydrogen-bond acceptors (Lipinski definition) is 2. The van der Waals surface area contributed by atoms with E-state index in [-0.39, 0.29) is 0 Å². The van der Waals surface area contributed by atoms with Crippen molar-refractivity contribution in [3.8, 4) is 5.75 Å². The first kappa shape index (κ1) is 12.9. The highest BCUT2D eigenvalue weighted by Gasteiger charge is 2.18. The zero-order valence-electron chi connectivity index (χ0n) is 10.4. The summed E-state index contributed by atoms with van der Waals surface area (Å²) in [4.78, 5) is 2.56. The zero-order chi connectivity index (χ0) is 12.1. The number of benzene rings is 1. The highest BCUT2D eigenvalue weighted by molar-refractivity contribution is 9.10. The van der Waals surface area contributed by atoms with Gasteiger partial charge >= 0.3 is 0 Å². The fraction of sp³-hybridized carbons (Fsp3) is 0.571. The molecule has 0 radical (unpaired) electrons. The Bertz CT molecular complexity index is 356. The van der Waals surface area contributed by atoms with Crippen molar-refractivity contribution < 1.29 is 4.74 Å². The topological polar surface area (TPSA) is 12.5 Å². The van der Waals surface area contributed by atoms with Crippen LogP contribution in [0.15, 0.2) is 28.7 Å². The minimum Gasteiger partial charge on any atom is -0.494 e. The summed E-state index contributed by atoms with van der Waals surface area (Å²) in [7, 11) is 0. The van der Waals surface area contributed by atoms with Crippen molar-refractivity contribution in [3.05, 3.63) is 28.7 Å². The molecule has 0 bridgehead atoms. The lowest BCUT2D eigenvalue weighted by Crippen LogP contribution is -2.28. The molecule has 0 N–H and O–H groups in total. The first-order valence-electron chi connectivity index (χ1n) is 6.38. The monoisotopic (exact) mass is 297 g/mol. The van der Waals surface area contributed by atoms with E-state index in [1.807, 2.05) is 24.3 Å². The third kappa shape index (κ3) is 4.00. The van der Waals surface area contributed by atoms with Crippen LogP contribution in [0.1, 0.15) is 26.2 Å². The van der Waals surface area contributed by atoms with Crippen LogP contribution in [0.3, 0.4) is 0 Å². The number of rotatable bonds is 5. The molecular weight excluding hydrogens is 278 g/mol. The first-order valence-corrected chi connectivity index (χ1v) is 7.17. The lowest BCUT2D eigenvalue weighted by atomic mass is 10.2. The van der Waals surface area contributed by atoms with Gasteiger partial charge in [-0.3, -0.25) is 0 Å². The second-order valence-electron chi connectivity index (χ2n) is 4.69. The van der Waals surface area contributed by atoms with Gasteiger partial charge in [-0.2, -0.15) is 0 Å². The maximum absolute atomic E-state index is 5.73. The minimum absolute atomic E-state index is 0.765. The number of hydrogen-bond donors (Lipinski definition) is 0. The Morgan fingerprint density at radius 2 is 2.35 bits per heavy atom. The molecule has 3 heteroatoms. The van der Waals surface area contributed by atoms with Crippen LogP contribution < -0.4 is 4.74 Å². The van der Waals surface area contributed by atoms with Crippen molar-refractivity contribution in [1.29, 1.82) is 0 Å². The van der Waals surface area contributed by atoms with Crippen LogP contribution in [0, 0.1) is 0 Å². The molecule has 17 heavy (non-hydrogen) atoms. The van der Waals surface area contributed by atoms with Gasteiger partial charge in [0.2, 0.25) is 0 Å². The highest BCUT2D eigenvalue weighted by Crippen LogP contribution is 2.19. The van der Waals surface area contributed by atoms with Crippen LogP contribution in [0.5, 0.6) is 5.75 Å². The van der Waals surface area contributed by atoms with Gasteiger partial charge in [0, 0.05) is 17.1 Å². The summed E-state index contributed by atoms with van der Waals surface area (Å²) in [5.41, 5.74) is 0. The summed E-state index contributed by atoms with van der Waals surface area (Å²) in [6.07, 6.45) is 3.82. The zero-order valence-corrected chi connectivity index (χ0v) is 11.9. The van der Waals surface area contributed by atoms with E-state index in [0.29, 0.717) is 0 Å². The highest BCUT2D eigenvalue weighted by atomic mass is 79.9. The summed E-state index contributed by atoms with van der Waals surface area (Å²) in [6, 6.07) is 8.79. The maximum atomic E-state index is 5.73. The number of likely N-dealkylation sites (tertiary alicyclic amines) is 1. The Balaban J connectivity index is 1.66. The van der Waals surface area contributed by atoms with Crippen molar-refractivity contribution in [2.75, 3.05) is 19.7 Å². The van der Waals surface area contributed by atoms with Crippen LogP contribution in [-0.2, 0) is 0 Å². The Morgan fingerprint density at radius 3 is 3.06 bits per heavy atom. The molecule has 1 aliphatic heterocycles. The predicted octanol–water partition coefficient (Wildman–Crippen LogP) is 3.70. The molecular formula is C14H20BrNO. The van der Waals surface area contributed by atoms with Gasteiger partial charge < -0.3 is 9.64 Å². The van der Waals surface area contributed by atoms with Gasteiger partial charge in [0.15, 0.2) is 0 Å². The first-order chi connectivity index (χ1) is 8.25. The molecule has 0 aliphatic carbocycles. The van der Waals surface area contributed by atoms with E-state index in [0.717, 1.165) is 35.8 Å². The fourth-order valence-electron chi connectivity index (χ4n) is 2.34. The molecule has 0 amide bonds. The third-order valence-corrected chi connectivity index (χ3v) is 3.84. The van der Waals surface area contributed by atoms with Crippen molar-refractivity contribution in [1.82, 2.24) is 4.90 Å². The molecule has 1 aromatic carbocycles. The van der Waals surface area contributed by atoms with Crippen LogP contribution >= 0.6 is 15.9 Å². The van der Waals surface area contributed by atoms with Crippen molar-refractivity contribution >= 4 is 15.9 Å². The summed E-state index contributed by atoms with van der Waals surface area (Å²) >= 11 is 3.44. The average Bonchev–Trinajstić information content (AvgIpc) is 2.71. The second kappa shape index (κ2) is 6.41. The number of halogens is 1. The number of ether oxygens (including phenoxy) is 1. The van der Waals surface area contributed by atoms with Gasteiger partial charge in [-0.25, -0.2) is 0 Å². The largest absolute Gasteiger partial charge is 0.494 e. The third-order valence-electron chi connectivity index (χ3n) is 3.35. The smallest absolute Gasteiger partial charge is 0.120 e. The molecule has 1 aromatic rings. The average molecular weight is 298 g/mol. The van der Waals surface area contributed by atoms with Crippen LogP contribution in [0.4, 0.5) is 0 Å². The minimum atomic E-state index is 0.765. The van der Waals surface area contributed by atoms with Gasteiger partial charge in [0.25, 0.3) is 0 Å². The molecule has 0 aromatic heterocycles. The Morgan fingerprint density at radius 1 is 1.47 bits per heavy atom. The van der Waals surface area contributed by atoms with Crippen molar-refractivity contribution in [3.63, 3.8) is 0 Å².